The van der Waals surface area contributed by atoms with E-state index in [4.69, 9.17) is 18.6 Å². The second-order valence-corrected chi connectivity index (χ2v) is 6.53. The molecular weight excluding hydrogens is 368 g/mol. The molecule has 0 unspecified atom stereocenters. The molecule has 6 heteroatoms. The molecule has 1 N–H and O–H groups in total. The summed E-state index contributed by atoms with van der Waals surface area (Å²) in [7, 11) is 4.73. The number of nitrogens with one attached hydrogen (secondary N) is 1. The summed E-state index contributed by atoms with van der Waals surface area (Å²) in [6.45, 7) is 2.08. The number of aromatic nitrogens is 1. The van der Waals surface area contributed by atoms with Crippen LogP contribution in [0, 0.1) is 6.92 Å². The van der Waals surface area contributed by atoms with Crippen LogP contribution in [0.15, 0.2) is 59.0 Å². The van der Waals surface area contributed by atoms with E-state index in [0.717, 1.165) is 22.2 Å². The van der Waals surface area contributed by atoms with Crippen LogP contribution in [-0.4, -0.2) is 26.3 Å². The van der Waals surface area contributed by atoms with Gasteiger partial charge in [-0.25, -0.2) is 0 Å². The maximum Gasteiger partial charge on any atom is 0.300 e. The smallest absolute Gasteiger partial charge is 0.300 e. The average Bonchev–Trinajstić information content (AvgIpc) is 3.15. The summed E-state index contributed by atoms with van der Waals surface area (Å²) in [5, 5.41) is 3.19. The lowest BCUT2D eigenvalue weighted by atomic mass is 10.00. The molecular formula is C23H22N2O4. The van der Waals surface area contributed by atoms with Gasteiger partial charge in [-0.3, -0.25) is 0 Å². The van der Waals surface area contributed by atoms with E-state index in [-0.39, 0.29) is 0 Å². The lowest BCUT2D eigenvalue weighted by molar-refractivity contribution is 0.324. The van der Waals surface area contributed by atoms with Crippen LogP contribution >= 0.6 is 0 Å². The van der Waals surface area contributed by atoms with Gasteiger partial charge in [-0.2, -0.15) is 4.98 Å². The monoisotopic (exact) mass is 390 g/mol. The van der Waals surface area contributed by atoms with Crippen molar-refractivity contribution in [2.75, 3.05) is 26.6 Å². The third-order valence-corrected chi connectivity index (χ3v) is 4.77. The first-order valence-electron chi connectivity index (χ1n) is 9.17. The molecule has 0 aliphatic carbocycles. The number of aryl methyl sites for hydroxylation is 1. The summed E-state index contributed by atoms with van der Waals surface area (Å²) in [6, 6.07) is 18.2. The molecule has 0 atom stereocenters. The summed E-state index contributed by atoms with van der Waals surface area (Å²) in [4.78, 5) is 4.59. The molecule has 4 aromatic rings. The van der Waals surface area contributed by atoms with Crippen molar-refractivity contribution in [2.45, 2.75) is 6.92 Å². The van der Waals surface area contributed by atoms with Crippen LogP contribution in [0.25, 0.3) is 22.2 Å². The van der Waals surface area contributed by atoms with Crippen LogP contribution in [0.2, 0.25) is 0 Å². The second kappa shape index (κ2) is 7.75. The highest BCUT2D eigenvalue weighted by molar-refractivity contribution is 5.92. The van der Waals surface area contributed by atoms with Gasteiger partial charge in [0.25, 0.3) is 6.01 Å². The summed E-state index contributed by atoms with van der Waals surface area (Å²) in [5.41, 5.74) is 5.52. The highest BCUT2D eigenvalue weighted by atomic mass is 16.5. The summed E-state index contributed by atoms with van der Waals surface area (Å²) in [6.07, 6.45) is 0. The van der Waals surface area contributed by atoms with Crippen LogP contribution in [0.3, 0.4) is 0 Å². The van der Waals surface area contributed by atoms with Crippen molar-refractivity contribution < 1.29 is 18.6 Å². The van der Waals surface area contributed by atoms with Gasteiger partial charge in [0, 0.05) is 23.4 Å². The molecule has 6 nitrogen and oxygen atoms in total. The van der Waals surface area contributed by atoms with Gasteiger partial charge in [0.2, 0.25) is 5.75 Å². The number of ether oxygens (including phenoxy) is 3. The summed E-state index contributed by atoms with van der Waals surface area (Å²) in [5.74, 6) is 1.62. The minimum absolute atomic E-state index is 0.385. The van der Waals surface area contributed by atoms with Gasteiger partial charge in [0.05, 0.1) is 21.3 Å². The number of nitrogens with zero attached hydrogens (tertiary/aromatic N) is 1. The Morgan fingerprint density at radius 1 is 0.828 bits per heavy atom. The molecule has 0 saturated heterocycles. The number of rotatable bonds is 6. The van der Waals surface area contributed by atoms with Crippen molar-refractivity contribution in [2.24, 2.45) is 0 Å². The Morgan fingerprint density at radius 2 is 1.52 bits per heavy atom. The zero-order valence-electron chi connectivity index (χ0n) is 16.8. The molecule has 0 bridgehead atoms. The lowest BCUT2D eigenvalue weighted by Crippen LogP contribution is -1.97. The van der Waals surface area contributed by atoms with Gasteiger partial charge in [0.1, 0.15) is 5.52 Å². The maximum atomic E-state index is 6.08. The minimum Gasteiger partial charge on any atom is -0.493 e. The van der Waals surface area contributed by atoms with Crippen LogP contribution in [0.1, 0.15) is 5.56 Å². The molecule has 29 heavy (non-hydrogen) atoms. The number of para-hydroxylation sites is 1. The molecule has 148 valence electrons. The van der Waals surface area contributed by atoms with Gasteiger partial charge >= 0.3 is 0 Å². The Bertz CT molecular complexity index is 1140. The Hall–Kier alpha value is -3.67. The van der Waals surface area contributed by atoms with Gasteiger partial charge in [-0.05, 0) is 24.1 Å². The summed E-state index contributed by atoms with van der Waals surface area (Å²) < 4.78 is 22.3. The van der Waals surface area contributed by atoms with Gasteiger partial charge in [-0.1, -0.05) is 36.4 Å². The molecule has 0 amide bonds. The zero-order valence-corrected chi connectivity index (χ0v) is 16.8. The van der Waals surface area contributed by atoms with E-state index in [0.29, 0.717) is 29.0 Å². The van der Waals surface area contributed by atoms with Gasteiger partial charge in [0.15, 0.2) is 17.1 Å². The van der Waals surface area contributed by atoms with Crippen molar-refractivity contribution in [3.8, 4) is 28.4 Å². The summed E-state index contributed by atoms with van der Waals surface area (Å²) >= 11 is 0. The third-order valence-electron chi connectivity index (χ3n) is 4.77. The zero-order chi connectivity index (χ0) is 20.4. The Labute approximate surface area is 169 Å². The number of oxazole rings is 1. The van der Waals surface area contributed by atoms with Crippen LogP contribution < -0.4 is 19.5 Å². The Balaban J connectivity index is 1.75. The SMILES string of the molecule is COc1cc(Nc2nc3cccc(-c4ccccc4C)c3o2)cc(OC)c1OC. The Morgan fingerprint density at radius 3 is 2.17 bits per heavy atom. The van der Waals surface area contributed by atoms with Crippen molar-refractivity contribution in [3.63, 3.8) is 0 Å². The Kier molecular flexibility index (Phi) is 4.99. The number of fused-ring (bicyclic) bond motifs is 1. The van der Waals surface area contributed by atoms with E-state index in [2.05, 4.69) is 29.4 Å². The van der Waals surface area contributed by atoms with Crippen molar-refractivity contribution in [1.29, 1.82) is 0 Å². The predicted molar refractivity (Wildman–Crippen MR) is 114 cm³/mol. The first kappa shape index (κ1) is 18.7. The fourth-order valence-electron chi connectivity index (χ4n) is 3.37. The predicted octanol–water partition coefficient (Wildman–Crippen LogP) is 5.57. The molecule has 1 aromatic heterocycles. The van der Waals surface area contributed by atoms with E-state index < -0.39 is 0 Å². The standard InChI is InChI=1S/C23H22N2O4/c1-14-8-5-6-9-16(14)17-10-7-11-18-21(17)29-23(25-18)24-15-12-19(26-2)22(28-4)20(13-15)27-3/h5-13H,1-4H3,(H,24,25). The van der Waals surface area contributed by atoms with E-state index in [1.165, 1.54) is 5.56 Å². The van der Waals surface area contributed by atoms with E-state index in [1.807, 2.05) is 30.3 Å². The van der Waals surface area contributed by atoms with Crippen molar-refractivity contribution >= 4 is 22.8 Å². The normalized spacial score (nSPS) is 10.8. The second-order valence-electron chi connectivity index (χ2n) is 6.53. The van der Waals surface area contributed by atoms with Crippen LogP contribution in [0.4, 0.5) is 11.7 Å². The lowest BCUT2D eigenvalue weighted by Gasteiger charge is -2.14. The molecule has 0 aliphatic rings. The number of benzene rings is 3. The molecule has 0 spiro atoms. The highest BCUT2D eigenvalue weighted by Crippen LogP contribution is 2.41. The van der Waals surface area contributed by atoms with Crippen molar-refractivity contribution in [3.05, 3.63) is 60.2 Å². The van der Waals surface area contributed by atoms with Crippen LogP contribution in [-0.2, 0) is 0 Å². The molecule has 0 fully saturated rings. The fraction of sp³-hybridized carbons (Fsp3) is 0.174. The quantitative estimate of drug-likeness (QED) is 0.464. The van der Waals surface area contributed by atoms with E-state index in [1.54, 1.807) is 33.5 Å². The first-order valence-corrected chi connectivity index (χ1v) is 9.17. The maximum absolute atomic E-state index is 6.08. The number of hydrogen-bond donors (Lipinski definition) is 1. The third kappa shape index (κ3) is 3.45. The first-order chi connectivity index (χ1) is 14.1. The minimum atomic E-state index is 0.385. The molecule has 0 aliphatic heterocycles. The molecule has 4 rings (SSSR count). The number of anilines is 2. The number of methoxy groups -OCH3 is 3. The molecule has 0 saturated carbocycles. The molecule has 0 radical (unpaired) electrons. The topological polar surface area (TPSA) is 65.8 Å². The molecule has 3 aromatic carbocycles. The fourth-order valence-corrected chi connectivity index (χ4v) is 3.37. The van der Waals surface area contributed by atoms with E-state index in [9.17, 15) is 0 Å². The number of hydrogen-bond acceptors (Lipinski definition) is 6. The van der Waals surface area contributed by atoms with Crippen molar-refractivity contribution in [1.82, 2.24) is 4.98 Å². The highest BCUT2D eigenvalue weighted by Gasteiger charge is 2.16. The average molecular weight is 390 g/mol. The van der Waals surface area contributed by atoms with Gasteiger partial charge in [-0.15, -0.1) is 0 Å². The van der Waals surface area contributed by atoms with Crippen LogP contribution in [0.5, 0.6) is 17.2 Å². The largest absolute Gasteiger partial charge is 0.493 e. The van der Waals surface area contributed by atoms with E-state index >= 15 is 0 Å². The van der Waals surface area contributed by atoms with Gasteiger partial charge < -0.3 is 23.9 Å². The molecule has 1 heterocycles.